The summed E-state index contributed by atoms with van der Waals surface area (Å²) in [6, 6.07) is 0. The maximum absolute atomic E-state index is 13.0. The largest absolute Gasteiger partial charge is 0.378 e. The molecule has 5 nitrogen and oxygen atoms in total. The van der Waals surface area contributed by atoms with Crippen LogP contribution < -0.4 is 5.73 Å². The Morgan fingerprint density at radius 3 is 2.62 bits per heavy atom. The Morgan fingerprint density at radius 2 is 2.00 bits per heavy atom. The second kappa shape index (κ2) is 5.21. The molecule has 21 heavy (non-hydrogen) atoms. The van der Waals surface area contributed by atoms with Gasteiger partial charge in [0.15, 0.2) is 0 Å². The maximum atomic E-state index is 13.0. The van der Waals surface area contributed by atoms with Crippen LogP contribution in [0.25, 0.3) is 0 Å². The van der Waals surface area contributed by atoms with Crippen molar-refractivity contribution in [1.82, 2.24) is 4.90 Å². The van der Waals surface area contributed by atoms with Crippen molar-refractivity contribution in [3.8, 4) is 0 Å². The predicted molar refractivity (Wildman–Crippen MR) is 79.8 cm³/mol. The molecule has 3 atom stereocenters. The lowest BCUT2D eigenvalue weighted by atomic mass is 9.47. The van der Waals surface area contributed by atoms with Crippen molar-refractivity contribution in [1.29, 1.82) is 0 Å². The fourth-order valence-corrected chi connectivity index (χ4v) is 4.54. The summed E-state index contributed by atoms with van der Waals surface area (Å²) in [5, 5.41) is 0. The Hall–Kier alpha value is -0.650. The van der Waals surface area contributed by atoms with Crippen LogP contribution >= 0.6 is 0 Å². The summed E-state index contributed by atoms with van der Waals surface area (Å²) in [5.41, 5.74) is 5.60. The summed E-state index contributed by atoms with van der Waals surface area (Å²) < 4.78 is 11.4. The second-order valence-electron chi connectivity index (χ2n) is 7.22. The third-order valence-corrected chi connectivity index (χ3v) is 5.94. The first kappa shape index (κ1) is 15.3. The summed E-state index contributed by atoms with van der Waals surface area (Å²) in [6.45, 7) is 9.16. The first-order valence-corrected chi connectivity index (χ1v) is 8.24. The number of fused-ring (bicyclic) bond motifs is 1. The number of hydrogen-bond donors (Lipinski definition) is 1. The van der Waals surface area contributed by atoms with Crippen LogP contribution in [0.2, 0.25) is 0 Å². The molecule has 3 rings (SSSR count). The highest BCUT2D eigenvalue weighted by Gasteiger charge is 2.71. The zero-order chi connectivity index (χ0) is 15.3. The van der Waals surface area contributed by atoms with Crippen molar-refractivity contribution in [2.75, 3.05) is 26.3 Å². The topological polar surface area (TPSA) is 64.8 Å². The van der Waals surface area contributed by atoms with Crippen LogP contribution in [0.3, 0.4) is 0 Å². The van der Waals surface area contributed by atoms with Crippen LogP contribution in [-0.2, 0) is 14.3 Å². The molecule has 2 saturated heterocycles. The minimum absolute atomic E-state index is 0.120. The monoisotopic (exact) mass is 296 g/mol. The van der Waals surface area contributed by atoms with Crippen LogP contribution in [0, 0.1) is 11.3 Å². The minimum Gasteiger partial charge on any atom is -0.378 e. The van der Waals surface area contributed by atoms with Gasteiger partial charge in [-0.1, -0.05) is 13.8 Å². The van der Waals surface area contributed by atoms with Gasteiger partial charge in [-0.25, -0.2) is 0 Å². The smallest absolute Gasteiger partial charge is 0.243 e. The summed E-state index contributed by atoms with van der Waals surface area (Å²) >= 11 is 0. The summed E-state index contributed by atoms with van der Waals surface area (Å²) in [5.74, 6) is 0.304. The Balaban J connectivity index is 1.68. The molecule has 0 aromatic carbocycles. The number of nitrogens with two attached hydrogens (primary N) is 1. The van der Waals surface area contributed by atoms with Crippen molar-refractivity contribution in [2.24, 2.45) is 17.1 Å². The van der Waals surface area contributed by atoms with Crippen molar-refractivity contribution in [2.45, 2.75) is 57.8 Å². The van der Waals surface area contributed by atoms with Gasteiger partial charge in [-0.3, -0.25) is 4.79 Å². The van der Waals surface area contributed by atoms with Gasteiger partial charge in [0, 0.05) is 37.6 Å². The molecule has 1 saturated carbocycles. The van der Waals surface area contributed by atoms with E-state index >= 15 is 0 Å². The Labute approximate surface area is 127 Å². The van der Waals surface area contributed by atoms with Crippen LogP contribution in [0.5, 0.6) is 0 Å². The van der Waals surface area contributed by atoms with E-state index in [1.807, 2.05) is 11.8 Å². The van der Waals surface area contributed by atoms with E-state index in [-0.39, 0.29) is 23.3 Å². The van der Waals surface area contributed by atoms with Crippen molar-refractivity contribution in [3.63, 3.8) is 0 Å². The van der Waals surface area contributed by atoms with E-state index in [1.54, 1.807) is 0 Å². The first-order valence-electron chi connectivity index (χ1n) is 8.24. The van der Waals surface area contributed by atoms with E-state index in [2.05, 4.69) is 13.8 Å². The molecule has 0 aromatic rings. The van der Waals surface area contributed by atoms with Gasteiger partial charge in [0.05, 0.1) is 12.2 Å². The molecule has 120 valence electrons. The fraction of sp³-hybridized carbons (Fsp3) is 0.938. The second-order valence-corrected chi connectivity index (χ2v) is 7.22. The molecule has 0 spiro atoms. The van der Waals surface area contributed by atoms with E-state index in [9.17, 15) is 4.79 Å². The quantitative estimate of drug-likeness (QED) is 0.848. The van der Waals surface area contributed by atoms with Crippen LogP contribution in [-0.4, -0.2) is 54.9 Å². The van der Waals surface area contributed by atoms with E-state index in [4.69, 9.17) is 15.2 Å². The number of amides is 1. The Bertz CT molecular complexity index is 418. The number of nitrogens with zero attached hydrogens (tertiary/aromatic N) is 1. The van der Waals surface area contributed by atoms with Crippen LogP contribution in [0.15, 0.2) is 0 Å². The maximum Gasteiger partial charge on any atom is 0.243 e. The predicted octanol–water partition coefficient (Wildman–Crippen LogP) is 1.16. The summed E-state index contributed by atoms with van der Waals surface area (Å²) in [6.07, 6.45) is 3.18. The van der Waals surface area contributed by atoms with E-state index in [1.165, 1.54) is 0 Å². The number of carbonyl (C=O) groups excluding carboxylic acids is 1. The standard InChI is InChI=1S/C16H28N2O3/c1-4-20-11-5-8-18(9-6-11)14(19)16(17)12-7-10-21-13(12)15(16,2)3/h11-13H,4-10,17H2,1-3H3. The zero-order valence-electron chi connectivity index (χ0n) is 13.4. The molecular weight excluding hydrogens is 268 g/mol. The van der Waals surface area contributed by atoms with Crippen molar-refractivity contribution < 1.29 is 14.3 Å². The third kappa shape index (κ3) is 2.05. The van der Waals surface area contributed by atoms with Crippen LogP contribution in [0.1, 0.15) is 40.0 Å². The highest BCUT2D eigenvalue weighted by molar-refractivity contribution is 5.89. The Kier molecular flexibility index (Phi) is 3.79. The number of rotatable bonds is 3. The normalized spacial score (nSPS) is 39.0. The van der Waals surface area contributed by atoms with Gasteiger partial charge in [0.25, 0.3) is 0 Å². The number of carbonyl (C=O) groups is 1. The molecule has 0 radical (unpaired) electrons. The molecule has 1 aliphatic carbocycles. The SMILES string of the molecule is CCOC1CCN(C(=O)C2(N)C3CCOC3C2(C)C)CC1. The van der Waals surface area contributed by atoms with Crippen LogP contribution in [0.4, 0.5) is 0 Å². The average Bonchev–Trinajstić information content (AvgIpc) is 2.95. The molecule has 2 N–H and O–H groups in total. The minimum atomic E-state index is -0.757. The number of likely N-dealkylation sites (tertiary alicyclic amines) is 1. The fourth-order valence-electron chi connectivity index (χ4n) is 4.54. The summed E-state index contributed by atoms with van der Waals surface area (Å²) in [4.78, 5) is 15.0. The molecule has 5 heteroatoms. The highest BCUT2D eigenvalue weighted by atomic mass is 16.5. The van der Waals surface area contributed by atoms with Gasteiger partial charge >= 0.3 is 0 Å². The first-order chi connectivity index (χ1) is 9.92. The van der Waals surface area contributed by atoms with Crippen molar-refractivity contribution in [3.05, 3.63) is 0 Å². The molecule has 2 heterocycles. The molecule has 3 unspecified atom stereocenters. The molecule has 2 aliphatic heterocycles. The van der Waals surface area contributed by atoms with Gasteiger partial charge in [0.2, 0.25) is 5.91 Å². The van der Waals surface area contributed by atoms with Crippen molar-refractivity contribution >= 4 is 5.91 Å². The molecule has 3 fully saturated rings. The summed E-state index contributed by atoms with van der Waals surface area (Å²) in [7, 11) is 0. The zero-order valence-corrected chi connectivity index (χ0v) is 13.4. The lowest BCUT2D eigenvalue weighted by Gasteiger charge is -2.61. The Morgan fingerprint density at radius 1 is 1.33 bits per heavy atom. The molecule has 3 aliphatic rings. The number of piperidine rings is 1. The van der Waals surface area contributed by atoms with E-state index in [0.717, 1.165) is 45.6 Å². The van der Waals surface area contributed by atoms with Gasteiger partial charge in [0.1, 0.15) is 5.54 Å². The van der Waals surface area contributed by atoms with Gasteiger partial charge in [-0.05, 0) is 26.2 Å². The molecule has 1 amide bonds. The number of hydrogen-bond acceptors (Lipinski definition) is 4. The third-order valence-electron chi connectivity index (χ3n) is 5.94. The lowest BCUT2D eigenvalue weighted by molar-refractivity contribution is -0.186. The molecule has 0 bridgehead atoms. The molecule has 0 aromatic heterocycles. The average molecular weight is 296 g/mol. The van der Waals surface area contributed by atoms with Gasteiger partial charge in [-0.2, -0.15) is 0 Å². The highest BCUT2D eigenvalue weighted by Crippen LogP contribution is 2.58. The van der Waals surface area contributed by atoms with E-state index in [0.29, 0.717) is 6.10 Å². The van der Waals surface area contributed by atoms with E-state index < -0.39 is 5.54 Å². The number of ether oxygens (including phenoxy) is 2. The lowest BCUT2D eigenvalue weighted by Crippen LogP contribution is -2.80. The van der Waals surface area contributed by atoms with Gasteiger partial charge < -0.3 is 20.1 Å². The molecular formula is C16H28N2O3. The van der Waals surface area contributed by atoms with Gasteiger partial charge in [-0.15, -0.1) is 0 Å².